The highest BCUT2D eigenvalue weighted by molar-refractivity contribution is 5.95. The van der Waals surface area contributed by atoms with Crippen molar-refractivity contribution in [2.24, 2.45) is 5.92 Å². The molecule has 0 fully saturated rings. The second-order valence-corrected chi connectivity index (χ2v) is 4.92. The molecule has 0 aromatic heterocycles. The number of hydrogen-bond acceptors (Lipinski definition) is 3. The summed E-state index contributed by atoms with van der Waals surface area (Å²) in [4.78, 5) is 23.9. The molecule has 0 saturated heterocycles. The molecule has 0 aliphatic heterocycles. The van der Waals surface area contributed by atoms with E-state index in [2.05, 4.69) is 11.4 Å². The van der Waals surface area contributed by atoms with Crippen LogP contribution in [0.3, 0.4) is 0 Å². The number of rotatable bonds is 4. The van der Waals surface area contributed by atoms with Crippen LogP contribution in [0, 0.1) is 5.92 Å². The number of hydrogen-bond donors (Lipinski definition) is 1. The van der Waals surface area contributed by atoms with E-state index in [0.717, 1.165) is 12.8 Å². The molecule has 0 spiro atoms. The maximum absolute atomic E-state index is 11.9. The molecule has 4 heteroatoms. The van der Waals surface area contributed by atoms with Crippen LogP contribution in [0.2, 0.25) is 0 Å². The second kappa shape index (κ2) is 6.89. The summed E-state index contributed by atoms with van der Waals surface area (Å²) < 4.78 is 5.24. The number of esters is 1. The highest BCUT2D eigenvalue weighted by Crippen LogP contribution is 2.20. The van der Waals surface area contributed by atoms with Gasteiger partial charge < -0.3 is 10.1 Å². The van der Waals surface area contributed by atoms with E-state index in [-0.39, 0.29) is 17.8 Å². The standard InChI is InChI=1S/C16H19NO3/c1-12(15(18)17-14-10-6-3-7-11-14)20-16(19)13-8-4-2-5-9-13/h2-4,6-7,10-13H,5,8-9H2,1H3,(H,17,18)/t12-,13-/m1/s1. The predicted octanol–water partition coefficient (Wildman–Crippen LogP) is 2.91. The molecule has 0 saturated carbocycles. The van der Waals surface area contributed by atoms with Crippen LogP contribution in [-0.2, 0) is 14.3 Å². The largest absolute Gasteiger partial charge is 0.452 e. The number of anilines is 1. The smallest absolute Gasteiger partial charge is 0.310 e. The molecule has 0 unspecified atom stereocenters. The Bertz CT molecular complexity index is 496. The second-order valence-electron chi connectivity index (χ2n) is 4.92. The Morgan fingerprint density at radius 1 is 1.25 bits per heavy atom. The maximum atomic E-state index is 11.9. The summed E-state index contributed by atoms with van der Waals surface area (Å²) in [5.41, 5.74) is 0.695. The number of carbonyl (C=O) groups is 2. The first-order chi connectivity index (χ1) is 9.66. The molecule has 0 heterocycles. The van der Waals surface area contributed by atoms with Gasteiger partial charge in [0.1, 0.15) is 0 Å². The van der Waals surface area contributed by atoms with Crippen LogP contribution in [0.15, 0.2) is 42.5 Å². The van der Waals surface area contributed by atoms with Gasteiger partial charge in [0.15, 0.2) is 6.10 Å². The molecule has 1 N–H and O–H groups in total. The minimum atomic E-state index is -0.784. The molecule has 106 valence electrons. The number of ether oxygens (including phenoxy) is 1. The van der Waals surface area contributed by atoms with Crippen molar-refractivity contribution in [3.8, 4) is 0 Å². The summed E-state index contributed by atoms with van der Waals surface area (Å²) in [6.45, 7) is 1.59. The molecular formula is C16H19NO3. The van der Waals surface area contributed by atoms with Crippen LogP contribution in [0.4, 0.5) is 5.69 Å². The third-order valence-electron chi connectivity index (χ3n) is 3.31. The van der Waals surface area contributed by atoms with Crippen LogP contribution < -0.4 is 5.32 Å². The molecule has 0 bridgehead atoms. The van der Waals surface area contributed by atoms with E-state index in [0.29, 0.717) is 12.1 Å². The zero-order valence-corrected chi connectivity index (χ0v) is 11.5. The van der Waals surface area contributed by atoms with E-state index in [4.69, 9.17) is 4.74 Å². The first-order valence-electron chi connectivity index (χ1n) is 6.88. The average Bonchev–Trinajstić information content (AvgIpc) is 2.49. The topological polar surface area (TPSA) is 55.4 Å². The molecule has 1 aromatic rings. The van der Waals surface area contributed by atoms with Gasteiger partial charge in [-0.25, -0.2) is 0 Å². The van der Waals surface area contributed by atoms with Crippen molar-refractivity contribution in [2.45, 2.75) is 32.3 Å². The number of para-hydroxylation sites is 1. The Balaban J connectivity index is 1.84. The zero-order chi connectivity index (χ0) is 14.4. The van der Waals surface area contributed by atoms with Gasteiger partial charge in [0.2, 0.25) is 0 Å². The van der Waals surface area contributed by atoms with Crippen LogP contribution in [0.25, 0.3) is 0 Å². The van der Waals surface area contributed by atoms with E-state index in [9.17, 15) is 9.59 Å². The fourth-order valence-electron chi connectivity index (χ4n) is 2.10. The van der Waals surface area contributed by atoms with Crippen molar-refractivity contribution in [2.75, 3.05) is 5.32 Å². The lowest BCUT2D eigenvalue weighted by Gasteiger charge is -2.19. The van der Waals surface area contributed by atoms with Crippen molar-refractivity contribution < 1.29 is 14.3 Å². The Morgan fingerprint density at radius 3 is 2.65 bits per heavy atom. The van der Waals surface area contributed by atoms with Crippen LogP contribution in [-0.4, -0.2) is 18.0 Å². The van der Waals surface area contributed by atoms with Gasteiger partial charge in [-0.3, -0.25) is 9.59 Å². The lowest BCUT2D eigenvalue weighted by Crippen LogP contribution is -2.32. The monoisotopic (exact) mass is 273 g/mol. The summed E-state index contributed by atoms with van der Waals surface area (Å²) in [6.07, 6.45) is 5.66. The Hall–Kier alpha value is -2.10. The number of benzene rings is 1. The number of nitrogens with one attached hydrogen (secondary N) is 1. The highest BCUT2D eigenvalue weighted by Gasteiger charge is 2.24. The zero-order valence-electron chi connectivity index (χ0n) is 11.5. The molecule has 1 aliphatic rings. The number of amides is 1. The van der Waals surface area contributed by atoms with Crippen LogP contribution in [0.5, 0.6) is 0 Å². The van der Waals surface area contributed by atoms with Gasteiger partial charge in [-0.1, -0.05) is 30.4 Å². The van der Waals surface area contributed by atoms with Gasteiger partial charge in [0, 0.05) is 5.69 Å². The highest BCUT2D eigenvalue weighted by atomic mass is 16.5. The molecule has 4 nitrogen and oxygen atoms in total. The average molecular weight is 273 g/mol. The van der Waals surface area contributed by atoms with Gasteiger partial charge >= 0.3 is 5.97 Å². The molecule has 1 aromatic carbocycles. The van der Waals surface area contributed by atoms with Gasteiger partial charge in [-0.05, 0) is 38.3 Å². The third-order valence-corrected chi connectivity index (χ3v) is 3.31. The lowest BCUT2D eigenvalue weighted by atomic mass is 9.95. The lowest BCUT2D eigenvalue weighted by molar-refractivity contribution is -0.157. The van der Waals surface area contributed by atoms with E-state index < -0.39 is 6.10 Å². The van der Waals surface area contributed by atoms with Crippen LogP contribution >= 0.6 is 0 Å². The van der Waals surface area contributed by atoms with E-state index >= 15 is 0 Å². The van der Waals surface area contributed by atoms with Crippen molar-refractivity contribution in [3.63, 3.8) is 0 Å². The molecule has 1 amide bonds. The van der Waals surface area contributed by atoms with E-state index in [1.807, 2.05) is 24.3 Å². The molecule has 20 heavy (non-hydrogen) atoms. The molecular weight excluding hydrogens is 254 g/mol. The van der Waals surface area contributed by atoms with Gasteiger partial charge in [-0.15, -0.1) is 0 Å². The van der Waals surface area contributed by atoms with Crippen molar-refractivity contribution in [1.29, 1.82) is 0 Å². The number of allylic oxidation sites excluding steroid dienone is 2. The number of carbonyl (C=O) groups excluding carboxylic acids is 2. The summed E-state index contributed by atoms with van der Waals surface area (Å²) in [5, 5.41) is 2.72. The van der Waals surface area contributed by atoms with Crippen molar-refractivity contribution in [3.05, 3.63) is 42.5 Å². The Kier molecular flexibility index (Phi) is 4.93. The first kappa shape index (κ1) is 14.3. The quantitative estimate of drug-likeness (QED) is 0.678. The first-order valence-corrected chi connectivity index (χ1v) is 6.88. The minimum absolute atomic E-state index is 0.119. The van der Waals surface area contributed by atoms with Crippen molar-refractivity contribution >= 4 is 17.6 Å². The Labute approximate surface area is 118 Å². The van der Waals surface area contributed by atoms with Crippen LogP contribution in [0.1, 0.15) is 26.2 Å². The fourth-order valence-corrected chi connectivity index (χ4v) is 2.10. The van der Waals surface area contributed by atoms with Crippen molar-refractivity contribution in [1.82, 2.24) is 0 Å². The molecule has 1 aliphatic carbocycles. The Morgan fingerprint density at radius 2 is 2.00 bits per heavy atom. The van der Waals surface area contributed by atoms with Gasteiger partial charge in [0.25, 0.3) is 5.91 Å². The summed E-state index contributed by atoms with van der Waals surface area (Å²) >= 11 is 0. The van der Waals surface area contributed by atoms with E-state index in [1.165, 1.54) is 0 Å². The normalized spacial score (nSPS) is 19.1. The molecule has 2 atom stereocenters. The predicted molar refractivity (Wildman–Crippen MR) is 77.1 cm³/mol. The molecule has 0 radical (unpaired) electrons. The SMILES string of the molecule is C[C@@H](OC(=O)[C@@H]1CC=CCC1)C(=O)Nc1ccccc1. The summed E-state index contributed by atoms with van der Waals surface area (Å²) in [7, 11) is 0. The van der Waals surface area contributed by atoms with E-state index in [1.54, 1.807) is 19.1 Å². The van der Waals surface area contributed by atoms with Gasteiger partial charge in [0.05, 0.1) is 5.92 Å². The molecule has 2 rings (SSSR count). The minimum Gasteiger partial charge on any atom is -0.452 e. The fraction of sp³-hybridized carbons (Fsp3) is 0.375. The third kappa shape index (κ3) is 3.95. The summed E-state index contributed by atoms with van der Waals surface area (Å²) in [6, 6.07) is 9.12. The maximum Gasteiger partial charge on any atom is 0.310 e. The summed E-state index contributed by atoms with van der Waals surface area (Å²) in [5.74, 6) is -0.715. The van der Waals surface area contributed by atoms with Gasteiger partial charge in [-0.2, -0.15) is 0 Å².